The summed E-state index contributed by atoms with van der Waals surface area (Å²) in [6.45, 7) is 8.97. The summed E-state index contributed by atoms with van der Waals surface area (Å²) in [6, 6.07) is 0. The Labute approximate surface area is 95.6 Å². The van der Waals surface area contributed by atoms with E-state index in [0.29, 0.717) is 19.9 Å². The zero-order valence-corrected chi connectivity index (χ0v) is 10.2. The SMILES string of the molecule is CC1(C)COCN1OC1OCC(C)(C)N1[O]. The van der Waals surface area contributed by atoms with Crippen LogP contribution in [0.4, 0.5) is 0 Å². The van der Waals surface area contributed by atoms with Crippen LogP contribution in [0.5, 0.6) is 0 Å². The molecule has 1 radical (unpaired) electrons. The number of rotatable bonds is 2. The summed E-state index contributed by atoms with van der Waals surface area (Å²) in [5.74, 6) is 0. The molecule has 2 saturated heterocycles. The van der Waals surface area contributed by atoms with Crippen LogP contribution in [-0.2, 0) is 19.5 Å². The van der Waals surface area contributed by atoms with Crippen LogP contribution in [0.2, 0.25) is 0 Å². The lowest BCUT2D eigenvalue weighted by atomic mass is 10.1. The quantitative estimate of drug-likeness (QED) is 0.701. The van der Waals surface area contributed by atoms with Gasteiger partial charge in [0, 0.05) is 0 Å². The average molecular weight is 231 g/mol. The molecular formula is C10H19N2O4. The number of hydrogen-bond donors (Lipinski definition) is 0. The van der Waals surface area contributed by atoms with E-state index in [9.17, 15) is 5.21 Å². The molecular weight excluding hydrogens is 212 g/mol. The minimum absolute atomic E-state index is 0.225. The maximum atomic E-state index is 11.8. The topological polar surface area (TPSA) is 54.1 Å². The fraction of sp³-hybridized carbons (Fsp3) is 1.00. The Kier molecular flexibility index (Phi) is 2.98. The number of ether oxygens (including phenoxy) is 2. The second kappa shape index (κ2) is 3.90. The summed E-state index contributed by atoms with van der Waals surface area (Å²) < 4.78 is 10.6. The minimum Gasteiger partial charge on any atom is -0.362 e. The Morgan fingerprint density at radius 2 is 1.88 bits per heavy atom. The van der Waals surface area contributed by atoms with Crippen molar-refractivity contribution in [3.63, 3.8) is 0 Å². The molecule has 1 atom stereocenters. The highest BCUT2D eigenvalue weighted by atomic mass is 16.9. The van der Waals surface area contributed by atoms with E-state index in [1.807, 2.05) is 27.7 Å². The van der Waals surface area contributed by atoms with Crippen molar-refractivity contribution in [2.45, 2.75) is 45.2 Å². The van der Waals surface area contributed by atoms with Crippen LogP contribution in [0.1, 0.15) is 27.7 Å². The maximum absolute atomic E-state index is 11.8. The lowest BCUT2D eigenvalue weighted by molar-refractivity contribution is -0.392. The molecule has 2 aliphatic heterocycles. The third-order valence-electron chi connectivity index (χ3n) is 2.92. The van der Waals surface area contributed by atoms with Crippen molar-refractivity contribution in [2.75, 3.05) is 19.9 Å². The van der Waals surface area contributed by atoms with Gasteiger partial charge in [-0.25, -0.2) is 4.84 Å². The van der Waals surface area contributed by atoms with E-state index in [-0.39, 0.29) is 5.54 Å². The molecule has 0 aromatic heterocycles. The first-order valence-corrected chi connectivity index (χ1v) is 5.43. The van der Waals surface area contributed by atoms with Gasteiger partial charge in [-0.05, 0) is 27.7 Å². The van der Waals surface area contributed by atoms with Crippen LogP contribution in [-0.4, -0.2) is 47.6 Å². The van der Waals surface area contributed by atoms with Crippen LogP contribution >= 0.6 is 0 Å². The van der Waals surface area contributed by atoms with E-state index in [2.05, 4.69) is 0 Å². The molecule has 6 heteroatoms. The van der Waals surface area contributed by atoms with Crippen molar-refractivity contribution in [1.82, 2.24) is 10.1 Å². The Morgan fingerprint density at radius 1 is 1.19 bits per heavy atom. The van der Waals surface area contributed by atoms with Crippen LogP contribution in [0.25, 0.3) is 0 Å². The summed E-state index contributed by atoms with van der Waals surface area (Å²) in [5, 5.41) is 14.3. The molecule has 0 spiro atoms. The molecule has 16 heavy (non-hydrogen) atoms. The van der Waals surface area contributed by atoms with Gasteiger partial charge < -0.3 is 9.47 Å². The standard InChI is InChI=1S/C10H19N2O4/c1-9(2)5-14-7-11(9)16-8-12(13)10(3,4)6-15-8/h8H,5-7H2,1-4H3. The van der Waals surface area contributed by atoms with E-state index in [0.717, 1.165) is 5.06 Å². The minimum atomic E-state index is -0.865. The second-order valence-corrected chi connectivity index (χ2v) is 5.53. The lowest BCUT2D eigenvalue weighted by Crippen LogP contribution is -2.48. The summed E-state index contributed by atoms with van der Waals surface area (Å²) in [7, 11) is 0. The van der Waals surface area contributed by atoms with Gasteiger partial charge in [-0.3, -0.25) is 0 Å². The predicted molar refractivity (Wildman–Crippen MR) is 54.2 cm³/mol. The van der Waals surface area contributed by atoms with Crippen molar-refractivity contribution in [3.05, 3.63) is 0 Å². The highest BCUT2D eigenvalue weighted by Crippen LogP contribution is 2.29. The first-order chi connectivity index (χ1) is 7.33. The van der Waals surface area contributed by atoms with Gasteiger partial charge in [-0.15, -0.1) is 5.21 Å². The van der Waals surface area contributed by atoms with Gasteiger partial charge >= 0.3 is 0 Å². The number of hydrogen-bond acceptors (Lipinski definition) is 5. The average Bonchev–Trinajstić information content (AvgIpc) is 2.62. The Hall–Kier alpha value is -0.240. The number of nitrogens with zero attached hydrogens (tertiary/aromatic N) is 2. The van der Waals surface area contributed by atoms with Crippen LogP contribution in [0, 0.1) is 0 Å². The Bertz CT molecular complexity index is 270. The van der Waals surface area contributed by atoms with Gasteiger partial charge in [-0.1, -0.05) is 5.06 Å². The molecule has 0 aromatic rings. The summed E-state index contributed by atoms with van der Waals surface area (Å²) in [5.41, 5.74) is -0.758. The molecule has 6 nitrogen and oxygen atoms in total. The van der Waals surface area contributed by atoms with Gasteiger partial charge in [0.25, 0.3) is 6.41 Å². The van der Waals surface area contributed by atoms with Crippen LogP contribution < -0.4 is 0 Å². The fourth-order valence-electron chi connectivity index (χ4n) is 1.67. The molecule has 0 saturated carbocycles. The smallest absolute Gasteiger partial charge is 0.262 e. The van der Waals surface area contributed by atoms with Crippen molar-refractivity contribution in [1.29, 1.82) is 0 Å². The molecule has 93 valence electrons. The highest BCUT2D eigenvalue weighted by molar-refractivity contribution is 4.82. The summed E-state index contributed by atoms with van der Waals surface area (Å²) in [4.78, 5) is 5.53. The van der Waals surface area contributed by atoms with E-state index in [4.69, 9.17) is 14.3 Å². The first kappa shape index (κ1) is 12.2. The van der Waals surface area contributed by atoms with Gasteiger partial charge in [0.2, 0.25) is 0 Å². The fourth-order valence-corrected chi connectivity index (χ4v) is 1.67. The zero-order valence-electron chi connectivity index (χ0n) is 10.2. The third kappa shape index (κ3) is 2.09. The lowest BCUT2D eigenvalue weighted by Gasteiger charge is -2.31. The molecule has 2 heterocycles. The molecule has 0 bridgehead atoms. The van der Waals surface area contributed by atoms with Crippen molar-refractivity contribution in [3.8, 4) is 0 Å². The molecule has 2 rings (SSSR count). The van der Waals surface area contributed by atoms with Gasteiger partial charge in [0.1, 0.15) is 6.73 Å². The maximum Gasteiger partial charge on any atom is 0.262 e. The molecule has 0 N–H and O–H groups in total. The molecule has 0 amide bonds. The number of hydroxylamine groups is 4. The van der Waals surface area contributed by atoms with Crippen LogP contribution in [0.3, 0.4) is 0 Å². The van der Waals surface area contributed by atoms with Gasteiger partial charge in [-0.2, -0.15) is 5.06 Å². The molecule has 0 aromatic carbocycles. The van der Waals surface area contributed by atoms with Crippen molar-refractivity contribution >= 4 is 0 Å². The second-order valence-electron chi connectivity index (χ2n) is 5.53. The van der Waals surface area contributed by atoms with E-state index in [1.54, 1.807) is 5.06 Å². The molecule has 0 aliphatic carbocycles. The van der Waals surface area contributed by atoms with Crippen molar-refractivity contribution in [2.24, 2.45) is 0 Å². The summed E-state index contributed by atoms with van der Waals surface area (Å²) >= 11 is 0. The van der Waals surface area contributed by atoms with E-state index >= 15 is 0 Å². The van der Waals surface area contributed by atoms with E-state index in [1.165, 1.54) is 0 Å². The molecule has 1 unspecified atom stereocenters. The Morgan fingerprint density at radius 3 is 2.31 bits per heavy atom. The van der Waals surface area contributed by atoms with E-state index < -0.39 is 12.0 Å². The van der Waals surface area contributed by atoms with Crippen molar-refractivity contribution < 1.29 is 19.5 Å². The summed E-state index contributed by atoms with van der Waals surface area (Å²) in [6.07, 6.45) is -0.865. The molecule has 2 aliphatic rings. The monoisotopic (exact) mass is 231 g/mol. The third-order valence-corrected chi connectivity index (χ3v) is 2.92. The van der Waals surface area contributed by atoms with Gasteiger partial charge in [0.05, 0.1) is 24.3 Å². The zero-order chi connectivity index (χ0) is 12.0. The van der Waals surface area contributed by atoms with Crippen LogP contribution in [0.15, 0.2) is 0 Å². The normalized spacial score (nSPS) is 34.7. The Balaban J connectivity index is 1.96. The molecule has 2 fully saturated rings. The van der Waals surface area contributed by atoms with Gasteiger partial charge in [0.15, 0.2) is 0 Å². The largest absolute Gasteiger partial charge is 0.362 e. The predicted octanol–water partition coefficient (Wildman–Crippen LogP) is 0.726. The highest BCUT2D eigenvalue weighted by Gasteiger charge is 2.46. The first-order valence-electron chi connectivity index (χ1n) is 5.43.